The number of esters is 1. The third-order valence-electron chi connectivity index (χ3n) is 5.91. The summed E-state index contributed by atoms with van der Waals surface area (Å²) < 4.78 is 84.1. The number of hydrogen-bond donors (Lipinski definition) is 3. The molecule has 0 aromatic heterocycles. The van der Waals surface area contributed by atoms with Crippen LogP contribution in [0.4, 0.5) is 27.6 Å². The first-order chi connectivity index (χ1) is 16.7. The average molecular weight is 517 g/mol. The SMILES string of the molecule is COC(=O)c1cc(NC(=O)C2OC(C)(C(F)(F)F)CC2c2ccc(F)c(F)c2OC)ccc1B(O)O. The number of carbonyl (C=O) groups is 2. The Morgan fingerprint density at radius 1 is 1.17 bits per heavy atom. The molecule has 1 amide bonds. The van der Waals surface area contributed by atoms with Crippen LogP contribution in [-0.4, -0.2) is 61.1 Å². The Kier molecular flexibility index (Phi) is 7.62. The third-order valence-corrected chi connectivity index (χ3v) is 5.91. The monoisotopic (exact) mass is 517 g/mol. The molecule has 0 bridgehead atoms. The number of benzene rings is 2. The number of ether oxygens (including phenoxy) is 3. The molecule has 0 saturated carbocycles. The molecule has 1 fully saturated rings. The van der Waals surface area contributed by atoms with Gasteiger partial charge in [0.05, 0.1) is 19.8 Å². The van der Waals surface area contributed by atoms with Crippen LogP contribution >= 0.6 is 0 Å². The zero-order valence-corrected chi connectivity index (χ0v) is 19.2. The predicted octanol–water partition coefficient (Wildman–Crippen LogP) is 2.27. The number of hydrogen-bond acceptors (Lipinski definition) is 7. The highest BCUT2D eigenvalue weighted by Crippen LogP contribution is 2.51. The largest absolute Gasteiger partial charge is 0.493 e. The van der Waals surface area contributed by atoms with Crippen molar-refractivity contribution in [3.63, 3.8) is 0 Å². The molecule has 3 N–H and O–H groups in total. The second-order valence-corrected chi connectivity index (χ2v) is 8.22. The van der Waals surface area contributed by atoms with E-state index in [1.54, 1.807) is 0 Å². The minimum Gasteiger partial charge on any atom is -0.493 e. The molecule has 1 saturated heterocycles. The molecule has 8 nitrogen and oxygen atoms in total. The Hall–Kier alpha value is -3.23. The topological polar surface area (TPSA) is 114 Å². The van der Waals surface area contributed by atoms with Gasteiger partial charge in [0.1, 0.15) is 6.10 Å². The van der Waals surface area contributed by atoms with Crippen molar-refractivity contribution >= 4 is 30.1 Å². The molecule has 1 heterocycles. The molecule has 0 spiro atoms. The van der Waals surface area contributed by atoms with Crippen LogP contribution in [-0.2, 0) is 14.3 Å². The van der Waals surface area contributed by atoms with E-state index in [2.05, 4.69) is 10.1 Å². The molecule has 0 aliphatic carbocycles. The maximum Gasteiger partial charge on any atom is 0.489 e. The quantitative estimate of drug-likeness (QED) is 0.306. The van der Waals surface area contributed by atoms with E-state index >= 15 is 0 Å². The fourth-order valence-corrected chi connectivity index (χ4v) is 4.03. The standard InChI is InChI=1S/C22H21BF5NO7/c1-21(22(26,27)28)9-13(11-5-7-15(24)16(25)17(11)34-2)18(36-21)19(30)29-10-4-6-14(23(32)33)12(8-10)20(31)35-3/h4-8,13,18,32-33H,9H2,1-3H3,(H,29,30). The van der Waals surface area contributed by atoms with E-state index in [1.165, 1.54) is 6.07 Å². The predicted molar refractivity (Wildman–Crippen MR) is 116 cm³/mol. The number of rotatable bonds is 6. The Balaban J connectivity index is 2.02. The molecule has 1 aliphatic heterocycles. The zero-order valence-electron chi connectivity index (χ0n) is 19.2. The van der Waals surface area contributed by atoms with Gasteiger partial charge < -0.3 is 29.6 Å². The van der Waals surface area contributed by atoms with Gasteiger partial charge in [0.15, 0.2) is 17.2 Å². The van der Waals surface area contributed by atoms with E-state index < -0.39 is 66.6 Å². The number of methoxy groups -OCH3 is 2. The first-order valence-corrected chi connectivity index (χ1v) is 10.4. The van der Waals surface area contributed by atoms with Gasteiger partial charge in [0.2, 0.25) is 5.82 Å². The van der Waals surface area contributed by atoms with Crippen LogP contribution in [0.5, 0.6) is 5.75 Å². The van der Waals surface area contributed by atoms with Gasteiger partial charge in [-0.05, 0) is 37.0 Å². The molecule has 3 atom stereocenters. The average Bonchev–Trinajstić information content (AvgIpc) is 3.19. The van der Waals surface area contributed by atoms with E-state index in [9.17, 15) is 41.6 Å². The molecule has 0 radical (unpaired) electrons. The van der Waals surface area contributed by atoms with E-state index in [0.29, 0.717) is 6.07 Å². The number of alkyl halides is 3. The molecular weight excluding hydrogens is 496 g/mol. The maximum atomic E-state index is 14.3. The lowest BCUT2D eigenvalue weighted by molar-refractivity contribution is -0.261. The van der Waals surface area contributed by atoms with Crippen LogP contribution in [0.3, 0.4) is 0 Å². The van der Waals surface area contributed by atoms with Crippen LogP contribution in [0.2, 0.25) is 0 Å². The van der Waals surface area contributed by atoms with E-state index in [0.717, 1.165) is 39.3 Å². The van der Waals surface area contributed by atoms with Crippen LogP contribution in [0.1, 0.15) is 35.2 Å². The number of nitrogens with one attached hydrogen (secondary N) is 1. The summed E-state index contributed by atoms with van der Waals surface area (Å²) in [6, 6.07) is 5.01. The molecule has 2 aromatic carbocycles. The highest BCUT2D eigenvalue weighted by molar-refractivity contribution is 6.60. The maximum absolute atomic E-state index is 14.3. The van der Waals surface area contributed by atoms with Crippen molar-refractivity contribution in [2.24, 2.45) is 0 Å². The van der Waals surface area contributed by atoms with E-state index in [1.807, 2.05) is 0 Å². The summed E-state index contributed by atoms with van der Waals surface area (Å²) in [5.74, 6) is -6.86. The Bertz CT molecular complexity index is 1180. The summed E-state index contributed by atoms with van der Waals surface area (Å²) in [6.07, 6.45) is -7.55. The van der Waals surface area contributed by atoms with Crippen molar-refractivity contribution in [3.8, 4) is 5.75 Å². The number of halogens is 5. The normalized spacial score (nSPS) is 21.7. The fraction of sp³-hybridized carbons (Fsp3) is 0.364. The summed E-state index contributed by atoms with van der Waals surface area (Å²) in [7, 11) is -0.0221. The van der Waals surface area contributed by atoms with Crippen molar-refractivity contribution in [2.45, 2.75) is 37.1 Å². The summed E-state index contributed by atoms with van der Waals surface area (Å²) in [4.78, 5) is 25.1. The molecule has 2 aromatic rings. The first kappa shape index (κ1) is 27.4. The fourth-order valence-electron chi connectivity index (χ4n) is 4.03. The lowest BCUT2D eigenvalue weighted by Crippen LogP contribution is -2.43. The van der Waals surface area contributed by atoms with Gasteiger partial charge in [-0.3, -0.25) is 4.79 Å². The Morgan fingerprint density at radius 3 is 2.39 bits per heavy atom. The van der Waals surface area contributed by atoms with Crippen molar-refractivity contribution in [2.75, 3.05) is 19.5 Å². The van der Waals surface area contributed by atoms with Crippen molar-refractivity contribution < 1.29 is 55.8 Å². The van der Waals surface area contributed by atoms with Gasteiger partial charge in [0.25, 0.3) is 5.91 Å². The summed E-state index contributed by atoms with van der Waals surface area (Å²) in [5, 5.41) is 21.2. The van der Waals surface area contributed by atoms with Gasteiger partial charge in [-0.25, -0.2) is 9.18 Å². The molecule has 36 heavy (non-hydrogen) atoms. The molecular formula is C22H21BF5NO7. The van der Waals surface area contributed by atoms with Gasteiger partial charge in [-0.15, -0.1) is 0 Å². The van der Waals surface area contributed by atoms with Crippen molar-refractivity contribution in [1.29, 1.82) is 0 Å². The molecule has 194 valence electrons. The lowest BCUT2D eigenvalue weighted by atomic mass is 9.77. The van der Waals surface area contributed by atoms with Gasteiger partial charge in [0, 0.05) is 17.2 Å². The molecule has 14 heteroatoms. The van der Waals surface area contributed by atoms with Crippen LogP contribution in [0.15, 0.2) is 30.3 Å². The Morgan fingerprint density at radius 2 is 1.83 bits per heavy atom. The second kappa shape index (κ2) is 10.0. The van der Waals surface area contributed by atoms with Crippen molar-refractivity contribution in [1.82, 2.24) is 0 Å². The van der Waals surface area contributed by atoms with Crippen LogP contribution in [0, 0.1) is 11.6 Å². The third kappa shape index (κ3) is 5.01. The highest BCUT2D eigenvalue weighted by Gasteiger charge is 2.61. The van der Waals surface area contributed by atoms with Crippen LogP contribution < -0.4 is 15.5 Å². The number of amides is 1. The smallest absolute Gasteiger partial charge is 0.489 e. The number of carbonyl (C=O) groups excluding carboxylic acids is 2. The van der Waals surface area contributed by atoms with Gasteiger partial charge in [-0.2, -0.15) is 17.6 Å². The minimum atomic E-state index is -4.91. The molecule has 3 unspecified atom stereocenters. The van der Waals surface area contributed by atoms with E-state index in [4.69, 9.17) is 9.47 Å². The Labute approximate surface area is 202 Å². The first-order valence-electron chi connectivity index (χ1n) is 10.4. The number of anilines is 1. The molecule has 3 rings (SSSR count). The summed E-state index contributed by atoms with van der Waals surface area (Å²) in [5.41, 5.74) is -3.69. The molecule has 1 aliphatic rings. The minimum absolute atomic E-state index is 0.106. The van der Waals surface area contributed by atoms with E-state index in [-0.39, 0.29) is 22.3 Å². The van der Waals surface area contributed by atoms with Crippen LogP contribution in [0.25, 0.3) is 0 Å². The lowest BCUT2D eigenvalue weighted by Gasteiger charge is -2.27. The summed E-state index contributed by atoms with van der Waals surface area (Å²) in [6.45, 7) is 0.729. The zero-order chi connectivity index (χ0) is 27.0. The summed E-state index contributed by atoms with van der Waals surface area (Å²) >= 11 is 0. The second-order valence-electron chi connectivity index (χ2n) is 8.22. The van der Waals surface area contributed by atoms with Gasteiger partial charge in [-0.1, -0.05) is 12.1 Å². The van der Waals surface area contributed by atoms with Crippen molar-refractivity contribution in [3.05, 3.63) is 53.1 Å². The van der Waals surface area contributed by atoms with Gasteiger partial charge >= 0.3 is 19.3 Å². The highest BCUT2D eigenvalue weighted by atomic mass is 19.4.